The van der Waals surface area contributed by atoms with Crippen LogP contribution in [0, 0.1) is 0 Å². The number of sulfone groups is 1. The molecule has 4 rings (SSSR count). The van der Waals surface area contributed by atoms with Crippen molar-refractivity contribution in [1.82, 2.24) is 19.5 Å². The first-order valence-electron chi connectivity index (χ1n) is 8.55. The molecule has 2 aromatic heterocycles. The Morgan fingerprint density at radius 2 is 1.86 bits per heavy atom. The highest BCUT2D eigenvalue weighted by Crippen LogP contribution is 2.22. The van der Waals surface area contributed by atoms with Gasteiger partial charge < -0.3 is 9.30 Å². The first-order valence-corrected chi connectivity index (χ1v) is 10.4. The number of rotatable bonds is 5. The summed E-state index contributed by atoms with van der Waals surface area (Å²) in [6.45, 7) is 0.582. The SMILES string of the molecule is COc1cccc(Cn2cnc3ncc(-c4ccc(S(C)(=O)=O)cc4)nc32)c1. The molecule has 2 heterocycles. The minimum absolute atomic E-state index is 0.272. The summed E-state index contributed by atoms with van der Waals surface area (Å²) in [6.07, 6.45) is 4.53. The molecule has 0 N–H and O–H groups in total. The highest BCUT2D eigenvalue weighted by Gasteiger charge is 2.11. The van der Waals surface area contributed by atoms with Crippen molar-refractivity contribution in [2.75, 3.05) is 13.4 Å². The van der Waals surface area contributed by atoms with Gasteiger partial charge in [0.2, 0.25) is 0 Å². The van der Waals surface area contributed by atoms with Crippen LogP contribution in [-0.4, -0.2) is 41.3 Å². The standard InChI is InChI=1S/C20H18N4O3S/c1-27-16-5-3-4-14(10-16)12-24-13-22-19-20(24)23-18(11-21-19)15-6-8-17(9-7-15)28(2,25)26/h3-11,13H,12H2,1-2H3. The summed E-state index contributed by atoms with van der Waals surface area (Å²) in [5.41, 5.74) is 3.71. The topological polar surface area (TPSA) is 87.0 Å². The molecule has 0 bridgehead atoms. The van der Waals surface area contributed by atoms with Crippen LogP contribution in [0.25, 0.3) is 22.6 Å². The van der Waals surface area contributed by atoms with Gasteiger partial charge >= 0.3 is 0 Å². The maximum absolute atomic E-state index is 11.6. The Labute approximate surface area is 162 Å². The fourth-order valence-corrected chi connectivity index (χ4v) is 3.56. The van der Waals surface area contributed by atoms with Crippen LogP contribution in [0.15, 0.2) is 66.0 Å². The molecule has 0 aliphatic heterocycles. The monoisotopic (exact) mass is 394 g/mol. The molecule has 28 heavy (non-hydrogen) atoms. The fourth-order valence-electron chi connectivity index (χ4n) is 2.93. The number of benzene rings is 2. The van der Waals surface area contributed by atoms with Gasteiger partial charge in [-0.25, -0.2) is 23.4 Å². The van der Waals surface area contributed by atoms with E-state index in [2.05, 4.69) is 9.97 Å². The molecule has 0 saturated carbocycles. The lowest BCUT2D eigenvalue weighted by Crippen LogP contribution is -2.01. The molecule has 0 amide bonds. The van der Waals surface area contributed by atoms with Crippen LogP contribution < -0.4 is 4.74 Å². The molecule has 0 aliphatic rings. The Morgan fingerprint density at radius 1 is 1.07 bits per heavy atom. The number of methoxy groups -OCH3 is 1. The normalized spacial score (nSPS) is 11.6. The minimum atomic E-state index is -3.23. The molecule has 0 saturated heterocycles. The summed E-state index contributed by atoms with van der Waals surface area (Å²) in [6, 6.07) is 14.4. The van der Waals surface area contributed by atoms with E-state index in [1.807, 2.05) is 28.8 Å². The van der Waals surface area contributed by atoms with Crippen LogP contribution >= 0.6 is 0 Å². The molecule has 2 aromatic carbocycles. The molecular formula is C20H18N4O3S. The first kappa shape index (κ1) is 18.1. The van der Waals surface area contributed by atoms with Crippen LogP contribution in [0.3, 0.4) is 0 Å². The van der Waals surface area contributed by atoms with Crippen molar-refractivity contribution in [2.45, 2.75) is 11.4 Å². The summed E-state index contributed by atoms with van der Waals surface area (Å²) in [4.78, 5) is 13.7. The molecule has 8 heteroatoms. The predicted molar refractivity (Wildman–Crippen MR) is 106 cm³/mol. The Morgan fingerprint density at radius 3 is 2.57 bits per heavy atom. The van der Waals surface area contributed by atoms with Gasteiger partial charge in [-0.05, 0) is 29.8 Å². The van der Waals surface area contributed by atoms with E-state index in [0.717, 1.165) is 16.9 Å². The number of hydrogen-bond donors (Lipinski definition) is 0. The lowest BCUT2D eigenvalue weighted by molar-refractivity contribution is 0.414. The second-order valence-corrected chi connectivity index (χ2v) is 8.44. The van der Waals surface area contributed by atoms with Gasteiger partial charge in [0.15, 0.2) is 21.1 Å². The molecule has 142 valence electrons. The molecule has 0 unspecified atom stereocenters. The number of imidazole rings is 1. The maximum atomic E-state index is 11.6. The molecular weight excluding hydrogens is 376 g/mol. The molecule has 0 fully saturated rings. The maximum Gasteiger partial charge on any atom is 0.197 e. The zero-order chi connectivity index (χ0) is 19.7. The second kappa shape index (κ2) is 7.05. The van der Waals surface area contributed by atoms with Gasteiger partial charge in [-0.15, -0.1) is 0 Å². The third-order valence-electron chi connectivity index (χ3n) is 4.39. The largest absolute Gasteiger partial charge is 0.497 e. The minimum Gasteiger partial charge on any atom is -0.497 e. The van der Waals surface area contributed by atoms with Crippen LogP contribution in [-0.2, 0) is 16.4 Å². The molecule has 0 radical (unpaired) electrons. The zero-order valence-corrected chi connectivity index (χ0v) is 16.2. The van der Waals surface area contributed by atoms with Crippen LogP contribution in [0.4, 0.5) is 0 Å². The fraction of sp³-hybridized carbons (Fsp3) is 0.150. The van der Waals surface area contributed by atoms with Crippen molar-refractivity contribution < 1.29 is 13.2 Å². The smallest absolute Gasteiger partial charge is 0.197 e. The average Bonchev–Trinajstić information content (AvgIpc) is 3.09. The van der Waals surface area contributed by atoms with Crippen molar-refractivity contribution >= 4 is 21.1 Å². The van der Waals surface area contributed by atoms with Crippen LogP contribution in [0.1, 0.15) is 5.56 Å². The average molecular weight is 394 g/mol. The quantitative estimate of drug-likeness (QED) is 0.517. The van der Waals surface area contributed by atoms with Gasteiger partial charge in [0.05, 0.1) is 36.8 Å². The third-order valence-corrected chi connectivity index (χ3v) is 5.52. The lowest BCUT2D eigenvalue weighted by Gasteiger charge is -2.07. The van der Waals surface area contributed by atoms with Crippen molar-refractivity contribution in [2.24, 2.45) is 0 Å². The van der Waals surface area contributed by atoms with Crippen molar-refractivity contribution in [3.63, 3.8) is 0 Å². The van der Waals surface area contributed by atoms with Gasteiger partial charge in [-0.1, -0.05) is 24.3 Å². The number of hydrogen-bond acceptors (Lipinski definition) is 6. The van der Waals surface area contributed by atoms with E-state index in [1.54, 1.807) is 43.9 Å². The van der Waals surface area contributed by atoms with E-state index < -0.39 is 9.84 Å². The molecule has 4 aromatic rings. The van der Waals surface area contributed by atoms with E-state index in [9.17, 15) is 8.42 Å². The number of aromatic nitrogens is 4. The van der Waals surface area contributed by atoms with Gasteiger partial charge in [0, 0.05) is 11.8 Å². The van der Waals surface area contributed by atoms with E-state index in [4.69, 9.17) is 9.72 Å². The summed E-state index contributed by atoms with van der Waals surface area (Å²) < 4.78 is 30.5. The number of ether oxygens (including phenoxy) is 1. The highest BCUT2D eigenvalue weighted by molar-refractivity contribution is 7.90. The predicted octanol–water partition coefficient (Wildman–Crippen LogP) is 2.95. The van der Waals surface area contributed by atoms with Gasteiger partial charge in [-0.3, -0.25) is 0 Å². The van der Waals surface area contributed by atoms with Crippen molar-refractivity contribution in [1.29, 1.82) is 0 Å². The Kier molecular flexibility index (Phi) is 4.56. The Hall–Kier alpha value is -3.26. The van der Waals surface area contributed by atoms with Crippen molar-refractivity contribution in [3.8, 4) is 17.0 Å². The summed E-state index contributed by atoms with van der Waals surface area (Å²) in [5.74, 6) is 0.791. The molecule has 0 spiro atoms. The van der Waals surface area contributed by atoms with Gasteiger partial charge in [-0.2, -0.15) is 0 Å². The Bertz CT molecular complexity index is 1250. The molecule has 0 atom stereocenters. The highest BCUT2D eigenvalue weighted by atomic mass is 32.2. The zero-order valence-electron chi connectivity index (χ0n) is 15.4. The third kappa shape index (κ3) is 3.59. The van der Waals surface area contributed by atoms with E-state index in [0.29, 0.717) is 23.5 Å². The second-order valence-electron chi connectivity index (χ2n) is 6.42. The lowest BCUT2D eigenvalue weighted by atomic mass is 10.2. The van der Waals surface area contributed by atoms with Crippen molar-refractivity contribution in [3.05, 3.63) is 66.6 Å². The summed E-state index contributed by atoms with van der Waals surface area (Å²) in [5, 5.41) is 0. The van der Waals surface area contributed by atoms with Crippen LogP contribution in [0.2, 0.25) is 0 Å². The van der Waals surface area contributed by atoms with Gasteiger partial charge in [0.1, 0.15) is 5.75 Å². The van der Waals surface area contributed by atoms with E-state index in [1.165, 1.54) is 6.26 Å². The van der Waals surface area contributed by atoms with E-state index >= 15 is 0 Å². The number of nitrogens with zero attached hydrogens (tertiary/aromatic N) is 4. The van der Waals surface area contributed by atoms with Gasteiger partial charge in [0.25, 0.3) is 0 Å². The summed E-state index contributed by atoms with van der Waals surface area (Å²) in [7, 11) is -1.60. The Balaban J connectivity index is 1.69. The van der Waals surface area contributed by atoms with Crippen LogP contribution in [0.5, 0.6) is 5.75 Å². The summed E-state index contributed by atoms with van der Waals surface area (Å²) >= 11 is 0. The number of fused-ring (bicyclic) bond motifs is 1. The molecule has 0 aliphatic carbocycles. The molecule has 7 nitrogen and oxygen atoms in total. The first-order chi connectivity index (χ1) is 13.4. The van der Waals surface area contributed by atoms with E-state index in [-0.39, 0.29) is 4.90 Å².